The van der Waals surface area contributed by atoms with E-state index in [4.69, 9.17) is 0 Å². The van der Waals surface area contributed by atoms with Crippen LogP contribution >= 0.6 is 15.9 Å². The first-order chi connectivity index (χ1) is 9.41. The van der Waals surface area contributed by atoms with Crippen LogP contribution in [-0.4, -0.2) is 23.7 Å². The first kappa shape index (κ1) is 13.9. The molecular weight excluding hydrogens is 342 g/mol. The van der Waals surface area contributed by atoms with E-state index in [-0.39, 0.29) is 5.75 Å². The highest BCUT2D eigenvalue weighted by Gasteiger charge is 2.29. The molecule has 7 heteroatoms. The number of aromatic nitrogens is 2. The number of aryl methyl sites for hydroxylation is 1. The molecule has 3 rings (SSSR count). The molecule has 0 saturated heterocycles. The van der Waals surface area contributed by atoms with E-state index in [2.05, 4.69) is 30.2 Å². The Labute approximate surface area is 126 Å². The van der Waals surface area contributed by atoms with E-state index >= 15 is 0 Å². The van der Waals surface area contributed by atoms with Gasteiger partial charge in [0.05, 0.1) is 17.0 Å². The molecule has 1 N–H and O–H groups in total. The molecule has 0 aliphatic heterocycles. The van der Waals surface area contributed by atoms with E-state index in [0.717, 1.165) is 21.3 Å². The van der Waals surface area contributed by atoms with Crippen molar-refractivity contribution in [3.8, 4) is 0 Å². The third kappa shape index (κ3) is 2.44. The number of anilines is 1. The summed E-state index contributed by atoms with van der Waals surface area (Å²) in [6.07, 6.45) is 2.37. The average molecular weight is 358 g/mol. The van der Waals surface area contributed by atoms with Gasteiger partial charge >= 0.3 is 0 Å². The Hall–Kier alpha value is -1.08. The summed E-state index contributed by atoms with van der Waals surface area (Å²) in [5.74, 6) is 1.69. The van der Waals surface area contributed by atoms with Gasteiger partial charge in [0.2, 0.25) is 10.0 Å². The molecule has 1 aromatic heterocycles. The van der Waals surface area contributed by atoms with Crippen LogP contribution in [0.25, 0.3) is 11.0 Å². The van der Waals surface area contributed by atoms with Crippen LogP contribution in [0.4, 0.5) is 5.69 Å². The number of hydrogen-bond donors (Lipinski definition) is 1. The Kier molecular flexibility index (Phi) is 3.29. The predicted octanol–water partition coefficient (Wildman–Crippen LogP) is 2.97. The smallest absolute Gasteiger partial charge is 0.232 e. The molecule has 1 aliphatic carbocycles. The first-order valence-electron chi connectivity index (χ1n) is 6.57. The molecule has 1 fully saturated rings. The van der Waals surface area contributed by atoms with Gasteiger partial charge in [-0.15, -0.1) is 0 Å². The quantitative estimate of drug-likeness (QED) is 0.914. The molecule has 1 heterocycles. The number of hydrogen-bond acceptors (Lipinski definition) is 3. The van der Waals surface area contributed by atoms with Crippen LogP contribution in [0.15, 0.2) is 16.6 Å². The zero-order valence-electron chi connectivity index (χ0n) is 11.4. The van der Waals surface area contributed by atoms with Gasteiger partial charge in [0.1, 0.15) is 11.3 Å². The Balaban J connectivity index is 2.11. The lowest BCUT2D eigenvalue weighted by molar-refractivity contribution is 0.602. The largest absolute Gasteiger partial charge is 0.331 e. The first-order valence-corrected chi connectivity index (χ1v) is 9.02. The SMILES string of the molecule is CCS(=O)(=O)Nc1cc(Br)c2nc(C3CC3)n(C)c2c1. The van der Waals surface area contributed by atoms with Crippen LogP contribution in [-0.2, 0) is 17.1 Å². The summed E-state index contributed by atoms with van der Waals surface area (Å²) in [5.41, 5.74) is 2.39. The van der Waals surface area contributed by atoms with Crippen molar-refractivity contribution < 1.29 is 8.42 Å². The zero-order valence-corrected chi connectivity index (χ0v) is 13.8. The number of halogens is 1. The van der Waals surface area contributed by atoms with Gasteiger partial charge in [-0.25, -0.2) is 13.4 Å². The maximum atomic E-state index is 11.7. The highest BCUT2D eigenvalue weighted by molar-refractivity contribution is 9.10. The second kappa shape index (κ2) is 4.73. The van der Waals surface area contributed by atoms with Gasteiger partial charge < -0.3 is 4.57 Å². The Morgan fingerprint density at radius 1 is 1.45 bits per heavy atom. The Morgan fingerprint density at radius 3 is 2.75 bits per heavy atom. The van der Waals surface area contributed by atoms with Crippen LogP contribution in [0.2, 0.25) is 0 Å². The second-order valence-electron chi connectivity index (χ2n) is 5.13. The fourth-order valence-corrected chi connectivity index (χ4v) is 3.44. The fourth-order valence-electron chi connectivity index (χ4n) is 2.28. The molecular formula is C13H16BrN3O2S. The van der Waals surface area contributed by atoms with Gasteiger partial charge in [0.15, 0.2) is 0 Å². The standard InChI is InChI=1S/C13H16BrN3O2S/c1-3-20(18,19)16-9-6-10(14)12-11(7-9)17(2)13(15-12)8-4-5-8/h6-8,16H,3-5H2,1-2H3. The number of nitrogens with one attached hydrogen (secondary N) is 1. The molecule has 5 nitrogen and oxygen atoms in total. The Morgan fingerprint density at radius 2 is 2.15 bits per heavy atom. The van der Waals surface area contributed by atoms with Crippen LogP contribution in [0.5, 0.6) is 0 Å². The molecule has 0 radical (unpaired) electrons. The number of benzene rings is 1. The average Bonchev–Trinajstić information content (AvgIpc) is 3.16. The van der Waals surface area contributed by atoms with Gasteiger partial charge in [-0.1, -0.05) is 0 Å². The van der Waals surface area contributed by atoms with Crippen LogP contribution in [0.1, 0.15) is 31.5 Å². The number of fused-ring (bicyclic) bond motifs is 1. The lowest BCUT2D eigenvalue weighted by atomic mass is 10.3. The Bertz CT molecular complexity index is 779. The van der Waals surface area contributed by atoms with Crippen LogP contribution in [0, 0.1) is 0 Å². The molecule has 2 aromatic rings. The van der Waals surface area contributed by atoms with Gasteiger partial charge in [0, 0.05) is 17.4 Å². The van der Waals surface area contributed by atoms with Crippen molar-refractivity contribution in [2.24, 2.45) is 7.05 Å². The monoisotopic (exact) mass is 357 g/mol. The van der Waals surface area contributed by atoms with Gasteiger partial charge in [-0.3, -0.25) is 4.72 Å². The van der Waals surface area contributed by atoms with Crippen molar-refractivity contribution in [1.82, 2.24) is 9.55 Å². The molecule has 20 heavy (non-hydrogen) atoms. The minimum Gasteiger partial charge on any atom is -0.331 e. The van der Waals surface area contributed by atoms with Crippen LogP contribution in [0.3, 0.4) is 0 Å². The predicted molar refractivity (Wildman–Crippen MR) is 83.5 cm³/mol. The summed E-state index contributed by atoms with van der Waals surface area (Å²) in [6, 6.07) is 3.60. The van der Waals surface area contributed by atoms with Crippen molar-refractivity contribution in [3.63, 3.8) is 0 Å². The third-order valence-corrected chi connectivity index (χ3v) is 5.48. The molecule has 0 spiro atoms. The molecule has 1 aromatic carbocycles. The summed E-state index contributed by atoms with van der Waals surface area (Å²) in [4.78, 5) is 4.67. The highest BCUT2D eigenvalue weighted by atomic mass is 79.9. The van der Waals surface area contributed by atoms with Crippen molar-refractivity contribution >= 4 is 42.7 Å². The van der Waals surface area contributed by atoms with E-state index in [1.807, 2.05) is 13.1 Å². The lowest BCUT2D eigenvalue weighted by Gasteiger charge is -2.07. The molecule has 0 amide bonds. The summed E-state index contributed by atoms with van der Waals surface area (Å²) in [6.45, 7) is 1.62. The summed E-state index contributed by atoms with van der Waals surface area (Å²) in [7, 11) is -1.29. The van der Waals surface area contributed by atoms with Gasteiger partial charge in [-0.2, -0.15) is 0 Å². The summed E-state index contributed by atoms with van der Waals surface area (Å²) < 4.78 is 28.8. The second-order valence-corrected chi connectivity index (χ2v) is 8.00. The van der Waals surface area contributed by atoms with E-state index in [1.54, 1.807) is 13.0 Å². The number of imidazole rings is 1. The fraction of sp³-hybridized carbons (Fsp3) is 0.462. The minimum absolute atomic E-state index is 0.0569. The lowest BCUT2D eigenvalue weighted by Crippen LogP contribution is -2.14. The van der Waals surface area contributed by atoms with E-state index in [1.165, 1.54) is 12.8 Å². The molecule has 108 valence electrons. The van der Waals surface area contributed by atoms with Crippen LogP contribution < -0.4 is 4.72 Å². The zero-order chi connectivity index (χ0) is 14.5. The summed E-state index contributed by atoms with van der Waals surface area (Å²) in [5, 5.41) is 0. The molecule has 1 aliphatic rings. The molecule has 0 bridgehead atoms. The maximum Gasteiger partial charge on any atom is 0.232 e. The van der Waals surface area contributed by atoms with Gasteiger partial charge in [0.25, 0.3) is 0 Å². The summed E-state index contributed by atoms with van der Waals surface area (Å²) >= 11 is 3.48. The van der Waals surface area contributed by atoms with Crippen molar-refractivity contribution in [1.29, 1.82) is 0 Å². The maximum absolute atomic E-state index is 11.7. The van der Waals surface area contributed by atoms with E-state index < -0.39 is 10.0 Å². The molecule has 0 atom stereocenters. The van der Waals surface area contributed by atoms with E-state index in [0.29, 0.717) is 11.6 Å². The van der Waals surface area contributed by atoms with Crippen molar-refractivity contribution in [3.05, 3.63) is 22.4 Å². The topological polar surface area (TPSA) is 64.0 Å². The molecule has 1 saturated carbocycles. The minimum atomic E-state index is -3.27. The third-order valence-electron chi connectivity index (χ3n) is 3.57. The van der Waals surface area contributed by atoms with Gasteiger partial charge in [-0.05, 0) is 47.8 Å². The van der Waals surface area contributed by atoms with Crippen molar-refractivity contribution in [2.75, 3.05) is 10.5 Å². The highest BCUT2D eigenvalue weighted by Crippen LogP contribution is 2.41. The number of rotatable bonds is 4. The molecule has 0 unspecified atom stereocenters. The van der Waals surface area contributed by atoms with Crippen molar-refractivity contribution in [2.45, 2.75) is 25.7 Å². The van der Waals surface area contributed by atoms with E-state index in [9.17, 15) is 8.42 Å². The number of sulfonamides is 1. The normalized spacial score (nSPS) is 15.8. The number of nitrogens with zero attached hydrogens (tertiary/aromatic N) is 2.